The Morgan fingerprint density at radius 3 is 2.95 bits per heavy atom. The Bertz CT molecular complexity index is 625. The monoisotopic (exact) mass is 367 g/mol. The molecule has 110 valence electrons. The highest BCUT2D eigenvalue weighted by Gasteiger charge is 2.05. The third-order valence-electron chi connectivity index (χ3n) is 2.60. The Kier molecular flexibility index (Phi) is 6.01. The molecule has 21 heavy (non-hydrogen) atoms. The third-order valence-corrected chi connectivity index (χ3v) is 4.24. The molecule has 0 radical (unpaired) electrons. The van der Waals surface area contributed by atoms with Crippen molar-refractivity contribution in [1.82, 2.24) is 9.97 Å². The maximum Gasteiger partial charge on any atom is 0.316 e. The zero-order valence-electron chi connectivity index (χ0n) is 11.4. The Labute approximate surface area is 135 Å². The molecule has 0 aliphatic carbocycles. The Hall–Kier alpha value is -1.60. The van der Waals surface area contributed by atoms with Gasteiger partial charge in [-0.05, 0) is 11.6 Å². The number of hydrogen-bond acceptors (Lipinski definition) is 6. The number of anilines is 1. The number of ether oxygens (including phenoxy) is 1. The number of nitrogens with zero attached hydrogens (tertiary/aromatic N) is 2. The van der Waals surface area contributed by atoms with E-state index in [1.807, 2.05) is 24.3 Å². The fourth-order valence-electron chi connectivity index (χ4n) is 1.52. The average Bonchev–Trinajstić information content (AvgIpc) is 2.52. The van der Waals surface area contributed by atoms with Crippen LogP contribution in [-0.4, -0.2) is 28.8 Å². The first-order chi connectivity index (χ1) is 10.2. The molecule has 1 heterocycles. The molecule has 0 amide bonds. The second-order valence-electron chi connectivity index (χ2n) is 4.05. The molecule has 0 fully saturated rings. The topological polar surface area (TPSA) is 64.1 Å². The van der Waals surface area contributed by atoms with Crippen LogP contribution in [0.2, 0.25) is 0 Å². The lowest BCUT2D eigenvalue weighted by Crippen LogP contribution is -2.05. The van der Waals surface area contributed by atoms with Gasteiger partial charge in [0.15, 0.2) is 0 Å². The van der Waals surface area contributed by atoms with E-state index in [1.165, 1.54) is 18.9 Å². The van der Waals surface area contributed by atoms with Crippen LogP contribution in [0.3, 0.4) is 0 Å². The summed E-state index contributed by atoms with van der Waals surface area (Å²) < 4.78 is 5.64. The van der Waals surface area contributed by atoms with E-state index in [0.717, 1.165) is 10.0 Å². The standard InChI is InChI=1S/C14H14BrN3O2S/c1-20-14(19)9-21-13-8-16-7-12(18-13)17-6-10-4-2-3-5-11(10)15/h2-5,7-8H,6,9H2,1H3,(H,17,18). The first-order valence-corrected chi connectivity index (χ1v) is 7.96. The lowest BCUT2D eigenvalue weighted by atomic mass is 10.2. The zero-order valence-corrected chi connectivity index (χ0v) is 13.8. The van der Waals surface area contributed by atoms with E-state index in [1.54, 1.807) is 12.4 Å². The number of rotatable bonds is 6. The van der Waals surface area contributed by atoms with Crippen LogP contribution in [0.15, 0.2) is 46.2 Å². The predicted octanol–water partition coefficient (Wildman–Crippen LogP) is 3.12. The number of carbonyl (C=O) groups excluding carboxylic acids is 1. The summed E-state index contributed by atoms with van der Waals surface area (Å²) in [5.74, 6) is 0.604. The minimum Gasteiger partial charge on any atom is -0.468 e. The molecule has 0 unspecified atom stereocenters. The molecule has 0 bridgehead atoms. The van der Waals surface area contributed by atoms with Crippen LogP contribution in [-0.2, 0) is 16.1 Å². The van der Waals surface area contributed by atoms with Crippen LogP contribution in [0, 0.1) is 0 Å². The SMILES string of the molecule is COC(=O)CSc1cncc(NCc2ccccc2Br)n1. The number of benzene rings is 1. The van der Waals surface area contributed by atoms with Gasteiger partial charge < -0.3 is 10.1 Å². The summed E-state index contributed by atoms with van der Waals surface area (Å²) in [4.78, 5) is 19.6. The van der Waals surface area contributed by atoms with Gasteiger partial charge in [0.2, 0.25) is 0 Å². The number of esters is 1. The van der Waals surface area contributed by atoms with Crippen molar-refractivity contribution in [2.75, 3.05) is 18.2 Å². The molecule has 7 heteroatoms. The van der Waals surface area contributed by atoms with Gasteiger partial charge in [-0.1, -0.05) is 45.9 Å². The third kappa shape index (κ3) is 5.02. The highest BCUT2D eigenvalue weighted by Crippen LogP contribution is 2.19. The van der Waals surface area contributed by atoms with Gasteiger partial charge in [-0.25, -0.2) is 4.98 Å². The summed E-state index contributed by atoms with van der Waals surface area (Å²) in [5.41, 5.74) is 1.13. The van der Waals surface area contributed by atoms with E-state index in [9.17, 15) is 4.79 Å². The lowest BCUT2D eigenvalue weighted by Gasteiger charge is -2.08. The smallest absolute Gasteiger partial charge is 0.316 e. The average molecular weight is 368 g/mol. The van der Waals surface area contributed by atoms with Gasteiger partial charge in [0.05, 0.1) is 25.3 Å². The van der Waals surface area contributed by atoms with Crippen LogP contribution in [0.25, 0.3) is 0 Å². The van der Waals surface area contributed by atoms with Crippen molar-refractivity contribution in [2.24, 2.45) is 0 Å². The zero-order chi connectivity index (χ0) is 15.1. The second kappa shape index (κ2) is 7.99. The molecule has 5 nitrogen and oxygen atoms in total. The van der Waals surface area contributed by atoms with E-state index in [4.69, 9.17) is 0 Å². The summed E-state index contributed by atoms with van der Waals surface area (Å²) in [5, 5.41) is 3.89. The van der Waals surface area contributed by atoms with Gasteiger partial charge in [0.1, 0.15) is 10.8 Å². The molecule has 1 aromatic heterocycles. The minimum absolute atomic E-state index is 0.221. The van der Waals surface area contributed by atoms with E-state index >= 15 is 0 Å². The number of methoxy groups -OCH3 is 1. The number of carbonyl (C=O) groups is 1. The molecule has 2 rings (SSSR count). The highest BCUT2D eigenvalue weighted by atomic mass is 79.9. The molecule has 0 aliphatic rings. The summed E-state index contributed by atoms with van der Waals surface area (Å²) in [6.45, 7) is 0.640. The Balaban J connectivity index is 1.95. The van der Waals surface area contributed by atoms with Crippen molar-refractivity contribution in [3.63, 3.8) is 0 Å². The van der Waals surface area contributed by atoms with E-state index in [2.05, 4.69) is 36.0 Å². The molecular weight excluding hydrogens is 354 g/mol. The molecule has 2 aromatic rings. The first kappa shape index (κ1) is 15.8. The van der Waals surface area contributed by atoms with Crippen LogP contribution in [0.4, 0.5) is 5.82 Å². The summed E-state index contributed by atoms with van der Waals surface area (Å²) in [6.07, 6.45) is 3.27. The Morgan fingerprint density at radius 1 is 1.38 bits per heavy atom. The number of nitrogens with one attached hydrogen (secondary N) is 1. The second-order valence-corrected chi connectivity index (χ2v) is 5.90. The van der Waals surface area contributed by atoms with Gasteiger partial charge in [0.25, 0.3) is 0 Å². The summed E-state index contributed by atoms with van der Waals surface area (Å²) in [6, 6.07) is 7.97. The lowest BCUT2D eigenvalue weighted by molar-refractivity contribution is -0.137. The van der Waals surface area contributed by atoms with Crippen molar-refractivity contribution in [1.29, 1.82) is 0 Å². The van der Waals surface area contributed by atoms with Crippen molar-refractivity contribution in [3.05, 3.63) is 46.7 Å². The summed E-state index contributed by atoms with van der Waals surface area (Å²) >= 11 is 4.80. The fourth-order valence-corrected chi connectivity index (χ4v) is 2.63. The van der Waals surface area contributed by atoms with Gasteiger partial charge in [-0.3, -0.25) is 9.78 Å². The minimum atomic E-state index is -0.284. The maximum absolute atomic E-state index is 11.1. The molecule has 1 aromatic carbocycles. The van der Waals surface area contributed by atoms with Crippen LogP contribution in [0.5, 0.6) is 0 Å². The van der Waals surface area contributed by atoms with Crippen molar-refractivity contribution in [3.8, 4) is 0 Å². The van der Waals surface area contributed by atoms with Gasteiger partial charge >= 0.3 is 5.97 Å². The molecule has 0 spiro atoms. The molecule has 0 atom stereocenters. The highest BCUT2D eigenvalue weighted by molar-refractivity contribution is 9.10. The van der Waals surface area contributed by atoms with Crippen molar-refractivity contribution < 1.29 is 9.53 Å². The van der Waals surface area contributed by atoms with Crippen molar-refractivity contribution in [2.45, 2.75) is 11.6 Å². The Morgan fingerprint density at radius 2 is 2.19 bits per heavy atom. The number of hydrogen-bond donors (Lipinski definition) is 1. The normalized spacial score (nSPS) is 10.2. The number of aromatic nitrogens is 2. The number of halogens is 1. The molecule has 0 aliphatic heterocycles. The summed E-state index contributed by atoms with van der Waals surface area (Å²) in [7, 11) is 1.37. The number of thioether (sulfide) groups is 1. The van der Waals surface area contributed by atoms with E-state index < -0.39 is 0 Å². The van der Waals surface area contributed by atoms with Crippen LogP contribution in [0.1, 0.15) is 5.56 Å². The largest absolute Gasteiger partial charge is 0.468 e. The first-order valence-electron chi connectivity index (χ1n) is 6.18. The van der Waals surface area contributed by atoms with E-state index in [-0.39, 0.29) is 11.7 Å². The molecule has 0 saturated carbocycles. The maximum atomic E-state index is 11.1. The van der Waals surface area contributed by atoms with E-state index in [0.29, 0.717) is 17.4 Å². The fraction of sp³-hybridized carbons (Fsp3) is 0.214. The molecule has 0 saturated heterocycles. The van der Waals surface area contributed by atoms with Crippen LogP contribution >= 0.6 is 27.7 Å². The van der Waals surface area contributed by atoms with Gasteiger partial charge in [-0.15, -0.1) is 0 Å². The molecule has 1 N–H and O–H groups in total. The molecular formula is C14H14BrN3O2S. The predicted molar refractivity (Wildman–Crippen MR) is 86.2 cm³/mol. The van der Waals surface area contributed by atoms with Crippen molar-refractivity contribution >= 4 is 39.5 Å². The quantitative estimate of drug-likeness (QED) is 0.625. The van der Waals surface area contributed by atoms with Crippen LogP contribution < -0.4 is 5.32 Å². The van der Waals surface area contributed by atoms with Gasteiger partial charge in [0, 0.05) is 11.0 Å². The van der Waals surface area contributed by atoms with Gasteiger partial charge in [-0.2, -0.15) is 0 Å².